The van der Waals surface area contributed by atoms with Crippen LogP contribution in [0, 0.1) is 26.7 Å². The lowest BCUT2D eigenvalue weighted by Crippen LogP contribution is -2.32. The molecule has 0 spiro atoms. The van der Waals surface area contributed by atoms with Gasteiger partial charge in [0.15, 0.2) is 0 Å². The molecule has 0 aliphatic heterocycles. The highest BCUT2D eigenvalue weighted by molar-refractivity contribution is 5.80. The number of hydrogen-bond acceptors (Lipinski definition) is 2. The Morgan fingerprint density at radius 2 is 1.79 bits per heavy atom. The second-order valence-corrected chi connectivity index (χ2v) is 5.61. The summed E-state index contributed by atoms with van der Waals surface area (Å²) in [5, 5.41) is 6.35. The third kappa shape index (κ3) is 4.06. The summed E-state index contributed by atoms with van der Waals surface area (Å²) in [5.74, 6) is 0.533. The van der Waals surface area contributed by atoms with E-state index in [4.69, 9.17) is 0 Å². The van der Waals surface area contributed by atoms with E-state index in [1.807, 2.05) is 0 Å². The first kappa shape index (κ1) is 14.1. The van der Waals surface area contributed by atoms with Gasteiger partial charge in [-0.25, -0.2) is 0 Å². The molecule has 1 aromatic rings. The monoisotopic (exact) mass is 260 g/mol. The minimum Gasteiger partial charge on any atom is -0.355 e. The van der Waals surface area contributed by atoms with Crippen molar-refractivity contribution in [3.8, 4) is 0 Å². The fourth-order valence-corrected chi connectivity index (χ4v) is 2.20. The predicted molar refractivity (Wildman–Crippen MR) is 78.1 cm³/mol. The first-order valence-corrected chi connectivity index (χ1v) is 7.13. The lowest BCUT2D eigenvalue weighted by atomic mass is 10.0. The molecule has 3 heteroatoms. The standard InChI is InChI=1S/C16H24N2O/c1-11-8-13(3)15(9-12(11)2)10-17-6-7-18-16(19)14-4-5-14/h8-9,14,17H,4-7,10H2,1-3H3,(H,18,19). The van der Waals surface area contributed by atoms with E-state index in [-0.39, 0.29) is 5.91 Å². The number of carbonyl (C=O) groups is 1. The molecular formula is C16H24N2O. The van der Waals surface area contributed by atoms with Crippen LogP contribution in [0.15, 0.2) is 12.1 Å². The van der Waals surface area contributed by atoms with Crippen LogP contribution in [0.2, 0.25) is 0 Å². The summed E-state index contributed by atoms with van der Waals surface area (Å²) in [6.07, 6.45) is 2.14. The number of rotatable bonds is 6. The van der Waals surface area contributed by atoms with Crippen molar-refractivity contribution in [3.05, 3.63) is 34.4 Å². The molecule has 0 unspecified atom stereocenters. The van der Waals surface area contributed by atoms with Crippen LogP contribution in [0.5, 0.6) is 0 Å². The zero-order chi connectivity index (χ0) is 13.8. The number of hydrogen-bond donors (Lipinski definition) is 2. The molecule has 0 bridgehead atoms. The van der Waals surface area contributed by atoms with E-state index in [0.29, 0.717) is 5.92 Å². The quantitative estimate of drug-likeness (QED) is 0.770. The summed E-state index contributed by atoms with van der Waals surface area (Å²) >= 11 is 0. The molecule has 0 saturated heterocycles. The van der Waals surface area contributed by atoms with Gasteiger partial charge in [-0.15, -0.1) is 0 Å². The lowest BCUT2D eigenvalue weighted by molar-refractivity contribution is -0.122. The zero-order valence-electron chi connectivity index (χ0n) is 12.2. The fraction of sp³-hybridized carbons (Fsp3) is 0.562. The van der Waals surface area contributed by atoms with Crippen LogP contribution < -0.4 is 10.6 Å². The normalized spacial score (nSPS) is 14.5. The van der Waals surface area contributed by atoms with E-state index >= 15 is 0 Å². The summed E-state index contributed by atoms with van der Waals surface area (Å²) in [6, 6.07) is 4.49. The van der Waals surface area contributed by atoms with Gasteiger partial charge in [-0.1, -0.05) is 12.1 Å². The highest BCUT2D eigenvalue weighted by atomic mass is 16.2. The summed E-state index contributed by atoms with van der Waals surface area (Å²) in [5.41, 5.74) is 5.36. The Morgan fingerprint density at radius 3 is 2.47 bits per heavy atom. The highest BCUT2D eigenvalue weighted by Crippen LogP contribution is 2.28. The van der Waals surface area contributed by atoms with Gasteiger partial charge in [-0.05, 0) is 55.9 Å². The molecule has 1 fully saturated rings. The molecule has 2 rings (SSSR count). The van der Waals surface area contributed by atoms with E-state index in [0.717, 1.165) is 32.5 Å². The van der Waals surface area contributed by atoms with Crippen molar-refractivity contribution in [1.82, 2.24) is 10.6 Å². The van der Waals surface area contributed by atoms with Gasteiger partial charge in [-0.2, -0.15) is 0 Å². The Hall–Kier alpha value is -1.35. The molecule has 2 N–H and O–H groups in total. The number of aryl methyl sites for hydroxylation is 3. The Kier molecular flexibility index (Phi) is 4.59. The molecular weight excluding hydrogens is 236 g/mol. The smallest absolute Gasteiger partial charge is 0.223 e. The maximum atomic E-state index is 11.4. The van der Waals surface area contributed by atoms with Crippen molar-refractivity contribution < 1.29 is 4.79 Å². The maximum absolute atomic E-state index is 11.4. The molecule has 19 heavy (non-hydrogen) atoms. The summed E-state index contributed by atoms with van der Waals surface area (Å²) in [6.45, 7) is 8.86. The van der Waals surface area contributed by atoms with Crippen LogP contribution in [0.3, 0.4) is 0 Å². The number of nitrogens with one attached hydrogen (secondary N) is 2. The zero-order valence-corrected chi connectivity index (χ0v) is 12.2. The van der Waals surface area contributed by atoms with Crippen molar-refractivity contribution in [2.45, 2.75) is 40.2 Å². The van der Waals surface area contributed by atoms with Crippen molar-refractivity contribution in [1.29, 1.82) is 0 Å². The Labute approximate surface area is 115 Å². The minimum atomic E-state index is 0.226. The molecule has 0 aromatic heterocycles. The van der Waals surface area contributed by atoms with E-state index in [2.05, 4.69) is 43.5 Å². The van der Waals surface area contributed by atoms with Crippen LogP contribution in [0.25, 0.3) is 0 Å². The van der Waals surface area contributed by atoms with Gasteiger partial charge in [0.05, 0.1) is 0 Å². The molecule has 1 aliphatic carbocycles. The van der Waals surface area contributed by atoms with E-state index in [9.17, 15) is 4.79 Å². The van der Waals surface area contributed by atoms with Gasteiger partial charge in [0.25, 0.3) is 0 Å². The summed E-state index contributed by atoms with van der Waals surface area (Å²) in [4.78, 5) is 11.4. The van der Waals surface area contributed by atoms with Crippen molar-refractivity contribution in [2.75, 3.05) is 13.1 Å². The Balaban J connectivity index is 1.70. The van der Waals surface area contributed by atoms with Gasteiger partial charge in [0.1, 0.15) is 0 Å². The van der Waals surface area contributed by atoms with Crippen molar-refractivity contribution in [3.63, 3.8) is 0 Å². The molecule has 3 nitrogen and oxygen atoms in total. The molecule has 1 amide bonds. The summed E-state index contributed by atoms with van der Waals surface area (Å²) in [7, 11) is 0. The minimum absolute atomic E-state index is 0.226. The molecule has 0 atom stereocenters. The van der Waals surface area contributed by atoms with Gasteiger partial charge < -0.3 is 10.6 Å². The third-order valence-electron chi connectivity index (χ3n) is 3.82. The maximum Gasteiger partial charge on any atom is 0.223 e. The van der Waals surface area contributed by atoms with Gasteiger partial charge >= 0.3 is 0 Å². The van der Waals surface area contributed by atoms with Crippen LogP contribution >= 0.6 is 0 Å². The lowest BCUT2D eigenvalue weighted by Gasteiger charge is -2.11. The highest BCUT2D eigenvalue weighted by Gasteiger charge is 2.28. The SMILES string of the molecule is Cc1cc(C)c(CNCCNC(=O)C2CC2)cc1C. The Bertz CT molecular complexity index is 464. The molecule has 1 saturated carbocycles. The third-order valence-corrected chi connectivity index (χ3v) is 3.82. The number of amides is 1. The molecule has 0 radical (unpaired) electrons. The van der Waals surface area contributed by atoms with Crippen LogP contribution in [-0.2, 0) is 11.3 Å². The number of benzene rings is 1. The topological polar surface area (TPSA) is 41.1 Å². The van der Waals surface area contributed by atoms with E-state index in [1.165, 1.54) is 22.3 Å². The average Bonchev–Trinajstić information content (AvgIpc) is 3.18. The molecule has 0 heterocycles. The first-order valence-electron chi connectivity index (χ1n) is 7.13. The Morgan fingerprint density at radius 1 is 1.11 bits per heavy atom. The van der Waals surface area contributed by atoms with Gasteiger partial charge in [0, 0.05) is 25.6 Å². The average molecular weight is 260 g/mol. The molecule has 104 valence electrons. The van der Waals surface area contributed by atoms with Crippen LogP contribution in [0.4, 0.5) is 0 Å². The van der Waals surface area contributed by atoms with E-state index < -0.39 is 0 Å². The second kappa shape index (κ2) is 6.20. The van der Waals surface area contributed by atoms with E-state index in [1.54, 1.807) is 0 Å². The largest absolute Gasteiger partial charge is 0.355 e. The number of carbonyl (C=O) groups excluding carboxylic acids is 1. The van der Waals surface area contributed by atoms with Crippen molar-refractivity contribution >= 4 is 5.91 Å². The van der Waals surface area contributed by atoms with Crippen LogP contribution in [0.1, 0.15) is 35.1 Å². The summed E-state index contributed by atoms with van der Waals surface area (Å²) < 4.78 is 0. The predicted octanol–water partition coefficient (Wildman–Crippen LogP) is 2.23. The van der Waals surface area contributed by atoms with Crippen molar-refractivity contribution in [2.24, 2.45) is 5.92 Å². The van der Waals surface area contributed by atoms with Gasteiger partial charge in [-0.3, -0.25) is 4.79 Å². The first-order chi connectivity index (χ1) is 9.08. The molecule has 1 aromatic carbocycles. The fourth-order valence-electron chi connectivity index (χ4n) is 2.20. The molecule has 1 aliphatic rings. The second-order valence-electron chi connectivity index (χ2n) is 5.61. The van der Waals surface area contributed by atoms with Gasteiger partial charge in [0.2, 0.25) is 5.91 Å². The van der Waals surface area contributed by atoms with Crippen LogP contribution in [-0.4, -0.2) is 19.0 Å².